The number of carbonyl (C=O) groups is 1. The van der Waals surface area contributed by atoms with Crippen LogP contribution in [0.2, 0.25) is 0 Å². The van der Waals surface area contributed by atoms with Crippen LogP contribution in [0.4, 0.5) is 0 Å². The van der Waals surface area contributed by atoms with Crippen LogP contribution in [-0.2, 0) is 22.1 Å². The lowest BCUT2D eigenvalue weighted by molar-refractivity contribution is 0.0600. The van der Waals surface area contributed by atoms with E-state index in [4.69, 9.17) is 0 Å². The molecule has 1 aromatic rings. The second-order valence-electron chi connectivity index (χ2n) is 4.54. The molecule has 0 aromatic heterocycles. The maximum absolute atomic E-state index is 11.3. The minimum absolute atomic E-state index is 0.321. The van der Waals surface area contributed by atoms with Crippen LogP contribution in [0.5, 0.6) is 0 Å². The number of hydrogen-bond donors (Lipinski definition) is 1. The van der Waals surface area contributed by atoms with Crippen molar-refractivity contribution in [3.05, 3.63) is 35.4 Å². The first-order chi connectivity index (χ1) is 9.02. The molecule has 0 aliphatic rings. The van der Waals surface area contributed by atoms with Crippen molar-refractivity contribution in [3.8, 4) is 0 Å². The van der Waals surface area contributed by atoms with Gasteiger partial charge in [-0.05, 0) is 31.0 Å². The molecule has 0 heterocycles. The first-order valence-electron chi connectivity index (χ1n) is 6.23. The molecular weight excluding hydrogens is 262 g/mol. The van der Waals surface area contributed by atoms with Crippen molar-refractivity contribution in [2.24, 2.45) is 0 Å². The Morgan fingerprint density at radius 1 is 1.37 bits per heavy atom. The summed E-state index contributed by atoms with van der Waals surface area (Å²) in [6.07, 6.45) is 2.61. The van der Waals surface area contributed by atoms with Crippen molar-refractivity contribution >= 4 is 16.8 Å². The minimum atomic E-state index is -0.735. The molecule has 1 aromatic carbocycles. The van der Waals surface area contributed by atoms with E-state index in [1.165, 1.54) is 7.11 Å². The van der Waals surface area contributed by atoms with Crippen LogP contribution >= 0.6 is 0 Å². The highest BCUT2D eigenvalue weighted by Gasteiger charge is 2.05. The molecule has 1 N–H and O–H groups in total. The topological polar surface area (TPSA) is 55.4 Å². The third kappa shape index (κ3) is 5.98. The van der Waals surface area contributed by atoms with E-state index in [9.17, 15) is 9.00 Å². The Kier molecular flexibility index (Phi) is 6.73. The van der Waals surface area contributed by atoms with Gasteiger partial charge in [-0.25, -0.2) is 4.79 Å². The van der Waals surface area contributed by atoms with Crippen LogP contribution in [0.15, 0.2) is 24.3 Å². The van der Waals surface area contributed by atoms with Crippen molar-refractivity contribution in [2.45, 2.75) is 25.9 Å². The van der Waals surface area contributed by atoms with Crippen molar-refractivity contribution in [2.75, 3.05) is 19.1 Å². The molecule has 2 atom stereocenters. The van der Waals surface area contributed by atoms with Gasteiger partial charge in [-0.1, -0.05) is 12.1 Å². The highest BCUT2D eigenvalue weighted by atomic mass is 32.2. The molecule has 0 saturated carbocycles. The quantitative estimate of drug-likeness (QED) is 0.774. The molecular formula is C14H21NO3S. The van der Waals surface area contributed by atoms with Gasteiger partial charge in [-0.15, -0.1) is 0 Å². The molecule has 0 fully saturated rings. The summed E-state index contributed by atoms with van der Waals surface area (Å²) in [6, 6.07) is 7.65. The smallest absolute Gasteiger partial charge is 0.337 e. The lowest BCUT2D eigenvalue weighted by atomic mass is 10.1. The molecule has 0 amide bonds. The lowest BCUT2D eigenvalue weighted by Gasteiger charge is -2.13. The number of rotatable bonds is 7. The van der Waals surface area contributed by atoms with Gasteiger partial charge in [0.2, 0.25) is 0 Å². The predicted molar refractivity (Wildman–Crippen MR) is 77.6 cm³/mol. The minimum Gasteiger partial charge on any atom is -0.465 e. The predicted octanol–water partition coefficient (Wildman–Crippen LogP) is 1.72. The highest BCUT2D eigenvalue weighted by molar-refractivity contribution is 7.84. The Morgan fingerprint density at radius 3 is 2.53 bits per heavy atom. The average Bonchev–Trinajstić information content (AvgIpc) is 2.42. The molecule has 0 spiro atoms. The third-order valence-electron chi connectivity index (χ3n) is 2.87. The van der Waals surface area contributed by atoms with Crippen molar-refractivity contribution in [1.29, 1.82) is 0 Å². The largest absolute Gasteiger partial charge is 0.465 e. The summed E-state index contributed by atoms with van der Waals surface area (Å²) in [5.74, 6) is 0.397. The van der Waals surface area contributed by atoms with Gasteiger partial charge < -0.3 is 10.1 Å². The van der Waals surface area contributed by atoms with Gasteiger partial charge in [0.05, 0.1) is 12.7 Å². The maximum atomic E-state index is 11.3. The summed E-state index contributed by atoms with van der Waals surface area (Å²) in [5.41, 5.74) is 1.66. The van der Waals surface area contributed by atoms with Gasteiger partial charge in [0.1, 0.15) is 0 Å². The number of hydrogen-bond acceptors (Lipinski definition) is 4. The summed E-state index contributed by atoms with van der Waals surface area (Å²) in [7, 11) is 0.637. The molecule has 2 unspecified atom stereocenters. The summed E-state index contributed by atoms with van der Waals surface area (Å²) < 4.78 is 15.6. The molecule has 4 nitrogen and oxygen atoms in total. The van der Waals surface area contributed by atoms with Crippen LogP contribution in [0, 0.1) is 0 Å². The fourth-order valence-electron chi connectivity index (χ4n) is 1.61. The number of esters is 1. The van der Waals surface area contributed by atoms with Gasteiger partial charge >= 0.3 is 5.97 Å². The number of ether oxygens (including phenoxy) is 1. The SMILES string of the molecule is COC(=O)c1ccc(CNC(C)CCS(C)=O)cc1. The van der Waals surface area contributed by atoms with Crippen molar-refractivity contribution < 1.29 is 13.7 Å². The van der Waals surface area contributed by atoms with E-state index in [0.717, 1.165) is 24.3 Å². The van der Waals surface area contributed by atoms with Crippen LogP contribution in [0.3, 0.4) is 0 Å². The van der Waals surface area contributed by atoms with Crippen LogP contribution < -0.4 is 5.32 Å². The molecule has 0 bridgehead atoms. The zero-order valence-electron chi connectivity index (χ0n) is 11.6. The fourth-order valence-corrected chi connectivity index (χ4v) is 2.30. The summed E-state index contributed by atoms with van der Waals surface area (Å²) in [5, 5.41) is 3.37. The third-order valence-corrected chi connectivity index (χ3v) is 3.68. The van der Waals surface area contributed by atoms with E-state index in [0.29, 0.717) is 11.6 Å². The normalized spacial score (nSPS) is 13.8. The molecule has 1 rings (SSSR count). The van der Waals surface area contributed by atoms with E-state index in [-0.39, 0.29) is 5.97 Å². The summed E-state index contributed by atoms with van der Waals surface area (Å²) >= 11 is 0. The maximum Gasteiger partial charge on any atom is 0.337 e. The number of methoxy groups -OCH3 is 1. The van der Waals surface area contributed by atoms with E-state index < -0.39 is 10.8 Å². The number of nitrogens with one attached hydrogen (secondary N) is 1. The second kappa shape index (κ2) is 8.07. The van der Waals surface area contributed by atoms with E-state index >= 15 is 0 Å². The van der Waals surface area contributed by atoms with Crippen LogP contribution in [0.1, 0.15) is 29.3 Å². The Labute approximate surface area is 117 Å². The van der Waals surface area contributed by atoms with Gasteiger partial charge in [0.15, 0.2) is 0 Å². The lowest BCUT2D eigenvalue weighted by Crippen LogP contribution is -2.26. The van der Waals surface area contributed by atoms with Gasteiger partial charge in [0.25, 0.3) is 0 Å². The Balaban J connectivity index is 2.41. The fraction of sp³-hybridized carbons (Fsp3) is 0.500. The molecule has 19 heavy (non-hydrogen) atoms. The second-order valence-corrected chi connectivity index (χ2v) is 6.09. The monoisotopic (exact) mass is 283 g/mol. The molecule has 0 radical (unpaired) electrons. The molecule has 0 aliphatic carbocycles. The van der Waals surface area contributed by atoms with Crippen molar-refractivity contribution in [3.63, 3.8) is 0 Å². The number of benzene rings is 1. The van der Waals surface area contributed by atoms with Gasteiger partial charge in [-0.3, -0.25) is 4.21 Å². The number of carbonyl (C=O) groups excluding carboxylic acids is 1. The van der Waals surface area contributed by atoms with E-state index in [1.807, 2.05) is 12.1 Å². The van der Waals surface area contributed by atoms with Crippen molar-refractivity contribution in [1.82, 2.24) is 5.32 Å². The summed E-state index contributed by atoms with van der Waals surface area (Å²) in [6.45, 7) is 2.81. The first kappa shape index (κ1) is 15.9. The van der Waals surface area contributed by atoms with Crippen LogP contribution in [-0.4, -0.2) is 35.3 Å². The Hall–Kier alpha value is -1.20. The van der Waals surface area contributed by atoms with E-state index in [2.05, 4.69) is 17.0 Å². The highest BCUT2D eigenvalue weighted by Crippen LogP contribution is 2.06. The molecule has 106 valence electrons. The molecule has 5 heteroatoms. The van der Waals surface area contributed by atoms with E-state index in [1.54, 1.807) is 18.4 Å². The summed E-state index contributed by atoms with van der Waals surface area (Å²) in [4.78, 5) is 11.3. The average molecular weight is 283 g/mol. The zero-order valence-corrected chi connectivity index (χ0v) is 12.5. The standard InChI is InChI=1S/C14H21NO3S/c1-11(8-9-19(3)17)15-10-12-4-6-13(7-5-12)14(16)18-2/h4-7,11,15H,8-10H2,1-3H3. The molecule has 0 aliphatic heterocycles. The van der Waals surface area contributed by atoms with Crippen LogP contribution in [0.25, 0.3) is 0 Å². The molecule has 0 saturated heterocycles. The Morgan fingerprint density at radius 2 is 2.00 bits per heavy atom. The Bertz CT molecular complexity index is 431. The first-order valence-corrected chi connectivity index (χ1v) is 7.96. The van der Waals surface area contributed by atoms with Gasteiger partial charge in [-0.2, -0.15) is 0 Å². The zero-order chi connectivity index (χ0) is 14.3. The van der Waals surface area contributed by atoms with Gasteiger partial charge in [0, 0.05) is 35.4 Å².